The summed E-state index contributed by atoms with van der Waals surface area (Å²) in [4.78, 5) is 26.0. The van der Waals surface area contributed by atoms with Crippen LogP contribution in [0.5, 0.6) is 0 Å². The van der Waals surface area contributed by atoms with Crippen LogP contribution in [0.1, 0.15) is 49.7 Å². The average Bonchev–Trinajstić information content (AvgIpc) is 2.99. The number of rotatable bonds is 22. The van der Waals surface area contributed by atoms with E-state index in [0.717, 1.165) is 45.1 Å². The molecule has 0 aliphatic carbocycles. The van der Waals surface area contributed by atoms with E-state index in [4.69, 9.17) is 10.5 Å². The molecule has 21 heteroatoms. The first-order valence-electron chi connectivity index (χ1n) is 16.2. The Labute approximate surface area is 282 Å². The summed E-state index contributed by atoms with van der Waals surface area (Å²) >= 11 is 0. The molecular formula is C26H51B6N8O7. The lowest BCUT2D eigenvalue weighted by molar-refractivity contribution is 0.116. The van der Waals surface area contributed by atoms with Crippen molar-refractivity contribution in [1.82, 2.24) is 20.2 Å². The quantitative estimate of drug-likeness (QED) is 0.0251. The number of nitrogens with one attached hydrogen (secondary N) is 2. The molecule has 0 heterocycles. The fraction of sp³-hybridized carbons (Fsp3) is 0.615. The number of benzene rings is 1. The summed E-state index contributed by atoms with van der Waals surface area (Å²) in [7, 11) is -3.46. The monoisotopic (exact) mass is 653 g/mol. The zero-order valence-corrected chi connectivity index (χ0v) is 28.5. The molecule has 0 atom stereocenters. The van der Waals surface area contributed by atoms with E-state index in [-0.39, 0.29) is 5.84 Å². The van der Waals surface area contributed by atoms with E-state index in [9.17, 15) is 29.9 Å². The molecule has 1 aromatic carbocycles. The minimum Gasteiger partial charge on any atom is -0.433 e. The van der Waals surface area contributed by atoms with Crippen LogP contribution < -0.4 is 16.3 Å². The minimum atomic E-state index is -1.04. The molecule has 0 saturated carbocycles. The van der Waals surface area contributed by atoms with Gasteiger partial charge in [-0.1, -0.05) is 43.5 Å². The molecule has 0 spiro atoms. The van der Waals surface area contributed by atoms with Gasteiger partial charge in [0, 0.05) is 31.8 Å². The van der Waals surface area contributed by atoms with Crippen LogP contribution in [0, 0.1) is 0 Å². The third-order valence-corrected chi connectivity index (χ3v) is 6.73. The Hall–Kier alpha value is -2.95. The number of nitrogens with zero attached hydrogens (tertiary/aromatic N) is 5. The van der Waals surface area contributed by atoms with Gasteiger partial charge >= 0.3 is 42.7 Å². The van der Waals surface area contributed by atoms with Gasteiger partial charge in [0.15, 0.2) is 11.9 Å². The maximum absolute atomic E-state index is 10.6. The molecular weight excluding hydrogens is 601 g/mol. The normalized spacial score (nSPS) is 11.9. The highest BCUT2D eigenvalue weighted by Crippen LogP contribution is 2.11. The summed E-state index contributed by atoms with van der Waals surface area (Å²) in [5, 5.41) is 56.3. The summed E-state index contributed by atoms with van der Waals surface area (Å²) in [6.45, 7) is 10.1. The van der Waals surface area contributed by atoms with Crippen LogP contribution in [-0.2, 0) is 16.1 Å². The predicted molar refractivity (Wildman–Crippen MR) is 196 cm³/mol. The van der Waals surface area contributed by atoms with E-state index in [1.54, 1.807) is 42.2 Å². The summed E-state index contributed by atoms with van der Waals surface area (Å²) in [6.07, 6.45) is 5.53. The lowest BCUT2D eigenvalue weighted by Gasteiger charge is -2.37. The summed E-state index contributed by atoms with van der Waals surface area (Å²) in [6, 6.07) is 7.34. The third-order valence-electron chi connectivity index (χ3n) is 6.73. The van der Waals surface area contributed by atoms with Crippen LogP contribution >= 0.6 is 0 Å². The van der Waals surface area contributed by atoms with Crippen molar-refractivity contribution in [3.05, 3.63) is 35.4 Å². The van der Waals surface area contributed by atoms with Gasteiger partial charge in [-0.2, -0.15) is 0 Å². The molecule has 0 unspecified atom stereocenters. The van der Waals surface area contributed by atoms with Gasteiger partial charge in [-0.15, -0.1) is 0 Å². The molecule has 1 rings (SSSR count). The molecule has 0 aliphatic rings. The predicted octanol–water partition coefficient (Wildman–Crippen LogP) is -0.895. The van der Waals surface area contributed by atoms with Crippen LogP contribution in [-0.4, -0.2) is 128 Å². The SMILES string of the molecule is CB(O)N=C(NCCCCCCCN(B(C)O)C(=NB(C)O)N(CCCOCc1ccc(C(N)=N[B]C=O)cc1)B(C)O)NB(C)O. The molecule has 9 N–H and O–H groups in total. The van der Waals surface area contributed by atoms with Crippen LogP contribution in [0.4, 0.5) is 0 Å². The largest absolute Gasteiger partial charge is 0.433 e. The number of ether oxygens (including phenoxy) is 1. The highest BCUT2D eigenvalue weighted by atomic mass is 16.5. The average molecular weight is 653 g/mol. The molecule has 15 nitrogen and oxygen atoms in total. The molecule has 1 radical (unpaired) electrons. The first kappa shape index (κ1) is 42.1. The molecule has 255 valence electrons. The van der Waals surface area contributed by atoms with Gasteiger partial charge in [0.1, 0.15) is 12.0 Å². The first-order chi connectivity index (χ1) is 22.3. The molecule has 0 bridgehead atoms. The zero-order valence-electron chi connectivity index (χ0n) is 28.5. The van der Waals surface area contributed by atoms with Crippen molar-refractivity contribution in [3.63, 3.8) is 0 Å². The maximum Gasteiger partial charge on any atom is 0.431 e. The van der Waals surface area contributed by atoms with Gasteiger partial charge in [0.2, 0.25) is 0 Å². The van der Waals surface area contributed by atoms with Crippen molar-refractivity contribution >= 4 is 66.6 Å². The standard InChI is InChI=1S/C26H51B6N8O7/c1-28(42)36-25(37-29(2)43)34-16-9-7-6-8-10-17-39(31(4)45)26(38-30(3)44)40(32(5)46)18-11-19-47-20-22-12-14-23(15-13-22)24(33)35-27-21-41/h12-15,21,42-46H,6-11,16-20H2,1-5H3,(H2,33,35)(H2,34,36,37). The van der Waals surface area contributed by atoms with E-state index in [2.05, 4.69) is 25.3 Å². The van der Waals surface area contributed by atoms with E-state index in [1.165, 1.54) is 13.6 Å². The van der Waals surface area contributed by atoms with Crippen molar-refractivity contribution in [2.45, 2.75) is 79.2 Å². The van der Waals surface area contributed by atoms with Gasteiger partial charge in [-0.05, 0) is 58.9 Å². The van der Waals surface area contributed by atoms with Crippen LogP contribution in [0.2, 0.25) is 34.1 Å². The highest BCUT2D eigenvalue weighted by Gasteiger charge is 2.29. The molecule has 1 aromatic rings. The number of hydrogen-bond acceptors (Lipinski definition) is 10. The fourth-order valence-electron chi connectivity index (χ4n) is 4.54. The highest BCUT2D eigenvalue weighted by molar-refractivity contribution is 6.66. The number of nitrogens with two attached hydrogens (primary N) is 1. The molecule has 0 fully saturated rings. The van der Waals surface area contributed by atoms with Crippen LogP contribution in [0.15, 0.2) is 39.0 Å². The maximum atomic E-state index is 10.6. The van der Waals surface area contributed by atoms with E-state index in [0.29, 0.717) is 62.9 Å². The topological polar surface area (TPSA) is 221 Å². The van der Waals surface area contributed by atoms with Gasteiger partial charge in [0.05, 0.1) is 6.61 Å². The first-order valence-corrected chi connectivity index (χ1v) is 16.2. The number of carbonyl (C=O) groups excluding carboxylic acids is 1. The van der Waals surface area contributed by atoms with Crippen molar-refractivity contribution in [2.75, 3.05) is 26.2 Å². The van der Waals surface area contributed by atoms with Crippen molar-refractivity contribution < 1.29 is 34.7 Å². The Balaban J connectivity index is 2.63. The lowest BCUT2D eigenvalue weighted by Crippen LogP contribution is -2.56. The molecule has 0 aliphatic heterocycles. The van der Waals surface area contributed by atoms with Crippen LogP contribution in [0.25, 0.3) is 0 Å². The van der Waals surface area contributed by atoms with E-state index < -0.39 is 35.3 Å². The number of unbranched alkanes of at least 4 members (excludes halogenated alkanes) is 4. The fourth-order valence-corrected chi connectivity index (χ4v) is 4.54. The second kappa shape index (κ2) is 24.2. The van der Waals surface area contributed by atoms with Gasteiger partial charge in [-0.3, -0.25) is 9.81 Å². The van der Waals surface area contributed by atoms with Gasteiger partial charge < -0.3 is 65.5 Å². The zero-order chi connectivity index (χ0) is 35.2. The number of carbonyl (C=O) groups is 1. The molecule has 0 amide bonds. The second-order valence-corrected chi connectivity index (χ2v) is 11.2. The Morgan fingerprint density at radius 3 is 2.00 bits per heavy atom. The van der Waals surface area contributed by atoms with Crippen molar-refractivity contribution in [1.29, 1.82) is 0 Å². The van der Waals surface area contributed by atoms with Crippen LogP contribution in [0.3, 0.4) is 0 Å². The van der Waals surface area contributed by atoms with Gasteiger partial charge in [0.25, 0.3) is 0 Å². The Morgan fingerprint density at radius 1 is 0.872 bits per heavy atom. The summed E-state index contributed by atoms with van der Waals surface area (Å²) < 4.78 is 5.84. The molecule has 0 aromatic heterocycles. The number of hydrogen-bond donors (Lipinski definition) is 8. The molecule has 47 heavy (non-hydrogen) atoms. The lowest BCUT2D eigenvalue weighted by atomic mass is 9.80. The van der Waals surface area contributed by atoms with E-state index >= 15 is 0 Å². The Kier molecular flexibility index (Phi) is 21.7. The van der Waals surface area contributed by atoms with Crippen molar-refractivity contribution in [2.24, 2.45) is 20.4 Å². The third kappa shape index (κ3) is 18.8. The van der Waals surface area contributed by atoms with Crippen molar-refractivity contribution in [3.8, 4) is 0 Å². The summed E-state index contributed by atoms with van der Waals surface area (Å²) in [5.41, 5.74) is 7.47. The molecule has 0 saturated heterocycles. The number of amidine groups is 1. The smallest absolute Gasteiger partial charge is 0.431 e. The van der Waals surface area contributed by atoms with Gasteiger partial charge in [-0.25, -0.2) is 0 Å². The number of guanidine groups is 2. The Bertz CT molecular complexity index is 1100. The minimum absolute atomic E-state index is 0.245. The Morgan fingerprint density at radius 2 is 1.45 bits per heavy atom. The second-order valence-electron chi connectivity index (χ2n) is 11.2. The summed E-state index contributed by atoms with van der Waals surface area (Å²) in [5.74, 6) is 0.901. The van der Waals surface area contributed by atoms with E-state index in [1.807, 2.05) is 12.1 Å².